The van der Waals surface area contributed by atoms with E-state index in [0.717, 1.165) is 42.3 Å². The molecule has 1 amide bonds. The fourth-order valence-corrected chi connectivity index (χ4v) is 4.14. The lowest BCUT2D eigenvalue weighted by Gasteiger charge is -2.33. The second-order valence-corrected chi connectivity index (χ2v) is 7.34. The predicted molar refractivity (Wildman–Crippen MR) is 99.7 cm³/mol. The third kappa shape index (κ3) is 3.51. The molecule has 2 saturated heterocycles. The highest BCUT2D eigenvalue weighted by Crippen LogP contribution is 2.27. The van der Waals surface area contributed by atoms with Crippen LogP contribution >= 0.6 is 11.8 Å². The van der Waals surface area contributed by atoms with Gasteiger partial charge in [0, 0.05) is 42.7 Å². The summed E-state index contributed by atoms with van der Waals surface area (Å²) in [6.45, 7) is 2.88. The van der Waals surface area contributed by atoms with Crippen molar-refractivity contribution in [1.29, 1.82) is 0 Å². The van der Waals surface area contributed by atoms with Crippen molar-refractivity contribution < 1.29 is 14.3 Å². The van der Waals surface area contributed by atoms with Gasteiger partial charge in [0.1, 0.15) is 0 Å². The van der Waals surface area contributed by atoms with E-state index in [0.29, 0.717) is 19.1 Å². The van der Waals surface area contributed by atoms with E-state index in [-0.39, 0.29) is 12.2 Å². The summed E-state index contributed by atoms with van der Waals surface area (Å²) >= 11 is 1.60. The molecule has 26 heavy (non-hydrogen) atoms. The Bertz CT molecular complexity index is 748. The zero-order chi connectivity index (χ0) is 17.9. The largest absolute Gasteiger partial charge is 0.350 e. The maximum atomic E-state index is 12.8. The van der Waals surface area contributed by atoms with Crippen molar-refractivity contribution in [2.45, 2.75) is 24.3 Å². The third-order valence-corrected chi connectivity index (χ3v) is 5.71. The summed E-state index contributed by atoms with van der Waals surface area (Å²) in [6.07, 6.45) is 7.50. The van der Waals surface area contributed by atoms with Crippen LogP contribution in [0.25, 0.3) is 5.69 Å². The quantitative estimate of drug-likeness (QED) is 0.772. The van der Waals surface area contributed by atoms with Gasteiger partial charge in [0.2, 0.25) is 0 Å². The van der Waals surface area contributed by atoms with E-state index in [1.54, 1.807) is 18.0 Å². The smallest absolute Gasteiger partial charge is 0.253 e. The van der Waals surface area contributed by atoms with Gasteiger partial charge >= 0.3 is 0 Å². The molecule has 7 heteroatoms. The van der Waals surface area contributed by atoms with Gasteiger partial charge in [-0.05, 0) is 43.4 Å². The van der Waals surface area contributed by atoms with E-state index < -0.39 is 0 Å². The van der Waals surface area contributed by atoms with Gasteiger partial charge in [-0.2, -0.15) is 0 Å². The number of carbonyl (C=O) groups excluding carboxylic acids is 1. The van der Waals surface area contributed by atoms with Crippen LogP contribution < -0.4 is 0 Å². The van der Waals surface area contributed by atoms with Crippen molar-refractivity contribution in [2.24, 2.45) is 5.92 Å². The number of ether oxygens (including phenoxy) is 2. The number of imidazole rings is 1. The molecular formula is C19H23N3O3S. The predicted octanol–water partition coefficient (Wildman–Crippen LogP) is 2.82. The van der Waals surface area contributed by atoms with Crippen LogP contribution in [0.15, 0.2) is 41.8 Å². The maximum absolute atomic E-state index is 12.8. The summed E-state index contributed by atoms with van der Waals surface area (Å²) < 4.78 is 13.2. The van der Waals surface area contributed by atoms with Crippen LogP contribution in [0.3, 0.4) is 0 Å². The number of hydrogen-bond donors (Lipinski definition) is 0. The normalized spacial score (nSPS) is 19.2. The molecule has 2 aliphatic heterocycles. The van der Waals surface area contributed by atoms with Gasteiger partial charge in [-0.3, -0.25) is 9.36 Å². The molecule has 3 heterocycles. The number of piperidine rings is 1. The van der Waals surface area contributed by atoms with Crippen LogP contribution in [0.4, 0.5) is 0 Å². The molecule has 1 aromatic heterocycles. The van der Waals surface area contributed by atoms with Gasteiger partial charge in [0.25, 0.3) is 5.91 Å². The molecule has 138 valence electrons. The molecule has 0 saturated carbocycles. The Morgan fingerprint density at radius 2 is 1.85 bits per heavy atom. The maximum Gasteiger partial charge on any atom is 0.253 e. The molecule has 0 radical (unpaired) electrons. The zero-order valence-electron chi connectivity index (χ0n) is 14.8. The number of benzene rings is 1. The van der Waals surface area contributed by atoms with E-state index in [1.807, 2.05) is 46.2 Å². The molecule has 2 fully saturated rings. The minimum absolute atomic E-state index is 0.0765. The lowest BCUT2D eigenvalue weighted by Crippen LogP contribution is -2.41. The number of nitrogens with zero attached hydrogens (tertiary/aromatic N) is 3. The lowest BCUT2D eigenvalue weighted by molar-refractivity contribution is -0.0956. The second kappa shape index (κ2) is 7.82. The van der Waals surface area contributed by atoms with E-state index >= 15 is 0 Å². The monoisotopic (exact) mass is 373 g/mol. The molecule has 6 nitrogen and oxygen atoms in total. The lowest BCUT2D eigenvalue weighted by atomic mass is 9.95. The van der Waals surface area contributed by atoms with Gasteiger partial charge in [0.15, 0.2) is 11.4 Å². The molecule has 0 N–H and O–H groups in total. The molecule has 0 aliphatic carbocycles. The fourth-order valence-electron chi connectivity index (χ4n) is 3.61. The number of likely N-dealkylation sites (tertiary alicyclic amines) is 1. The van der Waals surface area contributed by atoms with Gasteiger partial charge in [0.05, 0.1) is 13.2 Å². The van der Waals surface area contributed by atoms with E-state index in [2.05, 4.69) is 4.98 Å². The number of aromatic nitrogens is 2. The first-order valence-corrected chi connectivity index (χ1v) is 10.2. The van der Waals surface area contributed by atoms with Gasteiger partial charge < -0.3 is 14.4 Å². The van der Waals surface area contributed by atoms with Crippen LogP contribution in [-0.2, 0) is 9.47 Å². The topological polar surface area (TPSA) is 56.6 Å². The standard InChI is InChI=1S/C19H23N3O3S/c1-26-19-20-8-11-22(19)16-4-2-14(3-5-16)17(23)21-9-6-15(7-10-21)18-24-12-13-25-18/h2-5,8,11,15,18H,6-7,9-10,12-13H2,1H3. The van der Waals surface area contributed by atoms with Crippen molar-refractivity contribution in [2.75, 3.05) is 32.6 Å². The van der Waals surface area contributed by atoms with Crippen molar-refractivity contribution in [3.05, 3.63) is 42.2 Å². The SMILES string of the molecule is CSc1nccn1-c1ccc(C(=O)N2CCC(C3OCCO3)CC2)cc1. The Morgan fingerprint density at radius 1 is 1.15 bits per heavy atom. The Labute approximate surface area is 157 Å². The summed E-state index contributed by atoms with van der Waals surface area (Å²) in [5, 5.41) is 0.933. The Balaban J connectivity index is 1.39. The van der Waals surface area contributed by atoms with Crippen molar-refractivity contribution >= 4 is 17.7 Å². The molecular weight excluding hydrogens is 350 g/mol. The third-order valence-electron chi connectivity index (χ3n) is 5.04. The van der Waals surface area contributed by atoms with Gasteiger partial charge in [-0.1, -0.05) is 11.8 Å². The van der Waals surface area contributed by atoms with Crippen molar-refractivity contribution in [3.8, 4) is 5.69 Å². The molecule has 0 bridgehead atoms. The molecule has 0 unspecified atom stereocenters. The Kier molecular flexibility index (Phi) is 5.28. The fraction of sp³-hybridized carbons (Fsp3) is 0.474. The molecule has 2 aliphatic rings. The molecule has 0 spiro atoms. The highest BCUT2D eigenvalue weighted by Gasteiger charge is 2.32. The first-order chi connectivity index (χ1) is 12.8. The average molecular weight is 373 g/mol. The van der Waals surface area contributed by atoms with E-state index in [9.17, 15) is 4.79 Å². The van der Waals surface area contributed by atoms with E-state index in [1.165, 1.54) is 0 Å². The summed E-state index contributed by atoms with van der Waals surface area (Å²) in [6, 6.07) is 7.75. The number of amides is 1. The van der Waals surface area contributed by atoms with Crippen molar-refractivity contribution in [3.63, 3.8) is 0 Å². The number of rotatable bonds is 4. The zero-order valence-corrected chi connectivity index (χ0v) is 15.7. The number of carbonyl (C=O) groups is 1. The molecule has 2 aromatic rings. The van der Waals surface area contributed by atoms with Crippen LogP contribution in [0.5, 0.6) is 0 Å². The highest BCUT2D eigenvalue weighted by molar-refractivity contribution is 7.98. The summed E-state index contributed by atoms with van der Waals surface area (Å²) in [4.78, 5) is 19.0. The second-order valence-electron chi connectivity index (χ2n) is 6.57. The Hall–Kier alpha value is -1.83. The van der Waals surface area contributed by atoms with Crippen LogP contribution in [0, 0.1) is 5.92 Å². The summed E-state index contributed by atoms with van der Waals surface area (Å²) in [7, 11) is 0. The minimum atomic E-state index is -0.0765. The first kappa shape index (κ1) is 17.6. The summed E-state index contributed by atoms with van der Waals surface area (Å²) in [5.74, 6) is 0.495. The molecule has 4 rings (SSSR count). The number of hydrogen-bond acceptors (Lipinski definition) is 5. The average Bonchev–Trinajstić information content (AvgIpc) is 3.39. The van der Waals surface area contributed by atoms with Crippen LogP contribution in [0.1, 0.15) is 23.2 Å². The minimum Gasteiger partial charge on any atom is -0.350 e. The highest BCUT2D eigenvalue weighted by atomic mass is 32.2. The van der Waals surface area contributed by atoms with Crippen molar-refractivity contribution in [1.82, 2.24) is 14.5 Å². The summed E-state index contributed by atoms with van der Waals surface area (Å²) in [5.41, 5.74) is 1.74. The van der Waals surface area contributed by atoms with Gasteiger partial charge in [-0.15, -0.1) is 0 Å². The first-order valence-electron chi connectivity index (χ1n) is 8.96. The molecule has 1 aromatic carbocycles. The Morgan fingerprint density at radius 3 is 2.50 bits per heavy atom. The molecule has 0 atom stereocenters. The van der Waals surface area contributed by atoms with Gasteiger partial charge in [-0.25, -0.2) is 4.98 Å². The number of thioether (sulfide) groups is 1. The van der Waals surface area contributed by atoms with E-state index in [4.69, 9.17) is 9.47 Å². The van der Waals surface area contributed by atoms with Crippen LogP contribution in [0.2, 0.25) is 0 Å². The van der Waals surface area contributed by atoms with Crippen LogP contribution in [-0.4, -0.2) is 59.2 Å².